The molecule has 0 aliphatic heterocycles. The summed E-state index contributed by atoms with van der Waals surface area (Å²) >= 11 is 7.54. The zero-order chi connectivity index (χ0) is 18.4. The lowest BCUT2D eigenvalue weighted by molar-refractivity contribution is -0.113. The summed E-state index contributed by atoms with van der Waals surface area (Å²) in [6.45, 7) is 3.80. The van der Waals surface area contributed by atoms with Crippen LogP contribution in [0.2, 0.25) is 5.02 Å². The van der Waals surface area contributed by atoms with E-state index in [-0.39, 0.29) is 5.91 Å². The van der Waals surface area contributed by atoms with E-state index in [1.54, 1.807) is 6.08 Å². The van der Waals surface area contributed by atoms with Crippen molar-refractivity contribution in [2.75, 3.05) is 13.2 Å². The number of rotatable bonds is 6. The summed E-state index contributed by atoms with van der Waals surface area (Å²) in [5.74, 6) is -0.295. The van der Waals surface area contributed by atoms with Crippen LogP contribution in [0.25, 0.3) is 16.3 Å². The van der Waals surface area contributed by atoms with Crippen molar-refractivity contribution in [2.45, 2.75) is 13.5 Å². The lowest BCUT2D eigenvalue weighted by atomic mass is 10.2. The quantitative estimate of drug-likeness (QED) is 0.461. The topological polar surface area (TPSA) is 43.6 Å². The van der Waals surface area contributed by atoms with Crippen molar-refractivity contribution in [1.29, 1.82) is 0 Å². The molecule has 4 nitrogen and oxygen atoms in total. The molecule has 0 saturated heterocycles. The molecule has 3 rings (SSSR count). The first kappa shape index (κ1) is 18.6. The van der Waals surface area contributed by atoms with Gasteiger partial charge in [0.25, 0.3) is 5.91 Å². The molecule has 134 valence electrons. The number of benzene rings is 2. The summed E-state index contributed by atoms with van der Waals surface area (Å²) in [7, 11) is 0. The number of aromatic nitrogens is 1. The Morgan fingerprint density at radius 1 is 1.27 bits per heavy atom. The van der Waals surface area contributed by atoms with Gasteiger partial charge in [0.1, 0.15) is 0 Å². The van der Waals surface area contributed by atoms with Crippen LogP contribution in [0.4, 0.5) is 0 Å². The first-order chi connectivity index (χ1) is 12.7. The Hall–Kier alpha value is -2.21. The molecule has 0 aliphatic carbocycles. The van der Waals surface area contributed by atoms with Crippen LogP contribution in [0.1, 0.15) is 12.5 Å². The number of halogens is 1. The van der Waals surface area contributed by atoms with Crippen molar-refractivity contribution >= 4 is 45.1 Å². The number of carbonyl (C=O) groups excluding carboxylic acids is 1. The number of carbonyl (C=O) groups is 1. The van der Waals surface area contributed by atoms with E-state index in [0.29, 0.717) is 29.6 Å². The van der Waals surface area contributed by atoms with Gasteiger partial charge < -0.3 is 9.30 Å². The molecule has 0 spiro atoms. The van der Waals surface area contributed by atoms with E-state index in [4.69, 9.17) is 16.3 Å². The van der Waals surface area contributed by atoms with Gasteiger partial charge in [0.15, 0.2) is 4.80 Å². The average Bonchev–Trinajstić information content (AvgIpc) is 2.97. The minimum Gasteiger partial charge on any atom is -0.380 e. The maximum Gasteiger partial charge on any atom is 0.272 e. The Morgan fingerprint density at radius 3 is 2.85 bits per heavy atom. The summed E-state index contributed by atoms with van der Waals surface area (Å²) in [5, 5.41) is 0.664. The zero-order valence-corrected chi connectivity index (χ0v) is 16.0. The molecule has 26 heavy (non-hydrogen) atoms. The van der Waals surface area contributed by atoms with Crippen molar-refractivity contribution in [3.63, 3.8) is 0 Å². The molecule has 0 unspecified atom stereocenters. The molecular weight excluding hydrogens is 368 g/mol. The van der Waals surface area contributed by atoms with E-state index in [2.05, 4.69) is 4.99 Å². The largest absolute Gasteiger partial charge is 0.380 e. The first-order valence-corrected chi connectivity index (χ1v) is 9.55. The van der Waals surface area contributed by atoms with E-state index in [1.165, 1.54) is 17.4 Å². The SMILES string of the molecule is CCOCCn1c(=NC(=O)C=Cc2ccccc2)sc2cc(Cl)ccc21. The highest BCUT2D eigenvalue weighted by atomic mass is 35.5. The second-order valence-electron chi connectivity index (χ2n) is 5.54. The molecule has 1 heterocycles. The van der Waals surface area contributed by atoms with E-state index in [0.717, 1.165) is 15.8 Å². The van der Waals surface area contributed by atoms with Crippen LogP contribution in [0.3, 0.4) is 0 Å². The van der Waals surface area contributed by atoms with E-state index in [9.17, 15) is 4.79 Å². The lowest BCUT2D eigenvalue weighted by Crippen LogP contribution is -2.19. The highest BCUT2D eigenvalue weighted by Crippen LogP contribution is 2.21. The molecule has 0 bridgehead atoms. The summed E-state index contributed by atoms with van der Waals surface area (Å²) in [6.07, 6.45) is 3.25. The van der Waals surface area contributed by atoms with Gasteiger partial charge in [-0.15, -0.1) is 0 Å². The predicted octanol–water partition coefficient (Wildman–Crippen LogP) is 4.53. The molecule has 0 saturated carbocycles. The number of ether oxygens (including phenoxy) is 1. The van der Waals surface area contributed by atoms with Crippen LogP contribution in [0, 0.1) is 0 Å². The van der Waals surface area contributed by atoms with E-state index < -0.39 is 0 Å². The van der Waals surface area contributed by atoms with Crippen LogP contribution in [0.5, 0.6) is 0 Å². The summed E-state index contributed by atoms with van der Waals surface area (Å²) in [4.78, 5) is 17.2. The standard InChI is InChI=1S/C20H19ClN2O2S/c1-2-25-13-12-23-17-10-9-16(21)14-18(17)26-20(23)22-19(24)11-8-15-6-4-3-5-7-15/h3-11,14H,2,12-13H2,1H3. The Bertz CT molecular complexity index is 990. The van der Waals surface area contributed by atoms with E-state index >= 15 is 0 Å². The van der Waals surface area contributed by atoms with E-state index in [1.807, 2.05) is 60.0 Å². The van der Waals surface area contributed by atoms with Gasteiger partial charge >= 0.3 is 0 Å². The number of hydrogen-bond acceptors (Lipinski definition) is 3. The van der Waals surface area contributed by atoms with Crippen molar-refractivity contribution in [1.82, 2.24) is 4.57 Å². The third-order valence-electron chi connectivity index (χ3n) is 3.73. The Morgan fingerprint density at radius 2 is 2.08 bits per heavy atom. The fraction of sp³-hybridized carbons (Fsp3) is 0.200. The van der Waals surface area contributed by atoms with Crippen LogP contribution >= 0.6 is 22.9 Å². The van der Waals surface area contributed by atoms with Gasteiger partial charge in [-0.05, 0) is 36.8 Å². The maximum atomic E-state index is 12.3. The second-order valence-corrected chi connectivity index (χ2v) is 6.98. The predicted molar refractivity (Wildman–Crippen MR) is 107 cm³/mol. The van der Waals surface area contributed by atoms with Gasteiger partial charge in [-0.25, -0.2) is 0 Å². The van der Waals surface area contributed by atoms with Crippen LogP contribution in [-0.4, -0.2) is 23.7 Å². The van der Waals surface area contributed by atoms with Gasteiger partial charge in [0.2, 0.25) is 0 Å². The first-order valence-electron chi connectivity index (χ1n) is 8.36. The molecule has 0 atom stereocenters. The lowest BCUT2D eigenvalue weighted by Gasteiger charge is -2.05. The average molecular weight is 387 g/mol. The fourth-order valence-corrected chi connectivity index (χ4v) is 3.85. The Balaban J connectivity index is 1.93. The summed E-state index contributed by atoms with van der Waals surface area (Å²) in [5.41, 5.74) is 1.96. The number of amides is 1. The monoisotopic (exact) mass is 386 g/mol. The smallest absolute Gasteiger partial charge is 0.272 e. The van der Waals surface area contributed by atoms with Gasteiger partial charge in [-0.2, -0.15) is 4.99 Å². The molecule has 2 aromatic carbocycles. The van der Waals surface area contributed by atoms with Crippen molar-refractivity contribution < 1.29 is 9.53 Å². The third kappa shape index (κ3) is 4.69. The molecule has 1 aromatic heterocycles. The minimum absolute atomic E-state index is 0.295. The minimum atomic E-state index is -0.295. The molecule has 0 aliphatic rings. The Kier molecular flexibility index (Phi) is 6.39. The van der Waals surface area contributed by atoms with Gasteiger partial charge in [-0.3, -0.25) is 4.79 Å². The number of hydrogen-bond donors (Lipinski definition) is 0. The third-order valence-corrected chi connectivity index (χ3v) is 5.01. The second kappa shape index (κ2) is 8.94. The number of nitrogens with zero attached hydrogens (tertiary/aromatic N) is 2. The van der Waals surface area contributed by atoms with Crippen molar-refractivity contribution in [3.8, 4) is 0 Å². The highest BCUT2D eigenvalue weighted by Gasteiger charge is 2.08. The van der Waals surface area contributed by atoms with Crippen LogP contribution < -0.4 is 4.80 Å². The summed E-state index contributed by atoms with van der Waals surface area (Å²) in [6, 6.07) is 15.4. The highest BCUT2D eigenvalue weighted by molar-refractivity contribution is 7.16. The molecule has 0 N–H and O–H groups in total. The van der Waals surface area contributed by atoms with Gasteiger partial charge in [-0.1, -0.05) is 53.3 Å². The zero-order valence-electron chi connectivity index (χ0n) is 14.4. The molecule has 3 aromatic rings. The van der Waals surface area contributed by atoms with Crippen LogP contribution in [-0.2, 0) is 16.1 Å². The molecule has 0 fully saturated rings. The number of fused-ring (bicyclic) bond motifs is 1. The molecule has 1 amide bonds. The molecule has 0 radical (unpaired) electrons. The fourth-order valence-electron chi connectivity index (χ4n) is 2.51. The van der Waals surface area contributed by atoms with Gasteiger partial charge in [0, 0.05) is 24.3 Å². The maximum absolute atomic E-state index is 12.3. The summed E-state index contributed by atoms with van der Waals surface area (Å²) < 4.78 is 8.46. The van der Waals surface area contributed by atoms with Crippen molar-refractivity contribution in [3.05, 3.63) is 70.0 Å². The normalized spacial score (nSPS) is 12.3. The molecular formula is C20H19ClN2O2S. The van der Waals surface area contributed by atoms with Gasteiger partial charge in [0.05, 0.1) is 16.8 Å². The van der Waals surface area contributed by atoms with Crippen molar-refractivity contribution in [2.24, 2.45) is 4.99 Å². The number of thiazole rings is 1. The Labute approximate surface area is 161 Å². The molecule has 6 heteroatoms. The van der Waals surface area contributed by atoms with Crippen LogP contribution in [0.15, 0.2) is 59.6 Å².